The van der Waals surface area contributed by atoms with Gasteiger partial charge in [0.25, 0.3) is 0 Å². The number of rotatable bonds is 1. The van der Waals surface area contributed by atoms with Gasteiger partial charge in [0.05, 0.1) is 0 Å². The Labute approximate surface area is 110 Å². The highest BCUT2D eigenvalue weighted by Crippen LogP contribution is 2.44. The number of nitrogens with one attached hydrogen (secondary N) is 1. The van der Waals surface area contributed by atoms with Crippen molar-refractivity contribution in [3.8, 4) is 0 Å². The molecule has 2 heterocycles. The van der Waals surface area contributed by atoms with Gasteiger partial charge in [-0.25, -0.2) is 4.99 Å². The second-order valence-electron chi connectivity index (χ2n) is 4.34. The van der Waals surface area contributed by atoms with Crippen LogP contribution in [-0.4, -0.2) is 10.9 Å². The molecular weight excluding hydrogens is 248 g/mol. The zero-order chi connectivity index (χ0) is 11.8. The third-order valence-corrected chi connectivity index (χ3v) is 5.14. The summed E-state index contributed by atoms with van der Waals surface area (Å²) in [5, 5.41) is 5.52. The number of aryl methyl sites for hydroxylation is 1. The van der Waals surface area contributed by atoms with Crippen molar-refractivity contribution in [3.05, 3.63) is 22.6 Å². The molecule has 0 amide bonds. The summed E-state index contributed by atoms with van der Waals surface area (Å²) < 4.78 is 0. The Morgan fingerprint density at radius 1 is 1.41 bits per heavy atom. The van der Waals surface area contributed by atoms with Gasteiger partial charge in [-0.3, -0.25) is 0 Å². The number of nitrogens with zero attached hydrogens (tertiary/aromatic N) is 1. The molecule has 0 spiro atoms. The highest BCUT2D eigenvalue weighted by Gasteiger charge is 2.25. The molecule has 3 rings (SSSR count). The SMILES string of the molecule is C=C1NC(SCC)=Nc2sc3c(c21)CCCC3. The van der Waals surface area contributed by atoms with Crippen molar-refractivity contribution in [2.45, 2.75) is 32.6 Å². The van der Waals surface area contributed by atoms with Crippen molar-refractivity contribution in [2.24, 2.45) is 4.99 Å². The fourth-order valence-electron chi connectivity index (χ4n) is 2.46. The van der Waals surface area contributed by atoms with Crippen molar-refractivity contribution in [2.75, 3.05) is 5.75 Å². The Balaban J connectivity index is 2.06. The summed E-state index contributed by atoms with van der Waals surface area (Å²) in [6.07, 6.45) is 5.07. The minimum absolute atomic E-state index is 1.00. The summed E-state index contributed by atoms with van der Waals surface area (Å²) in [7, 11) is 0. The Bertz CT molecular complexity index is 500. The van der Waals surface area contributed by atoms with Crippen LogP contribution < -0.4 is 5.32 Å². The molecule has 90 valence electrons. The van der Waals surface area contributed by atoms with Gasteiger partial charge in [-0.2, -0.15) is 0 Å². The first-order chi connectivity index (χ1) is 8.29. The summed E-state index contributed by atoms with van der Waals surface area (Å²) in [4.78, 5) is 6.25. The van der Waals surface area contributed by atoms with Crippen LogP contribution in [0.1, 0.15) is 35.8 Å². The van der Waals surface area contributed by atoms with Crippen molar-refractivity contribution >= 4 is 39.0 Å². The molecule has 0 bridgehead atoms. The lowest BCUT2D eigenvalue weighted by Gasteiger charge is -2.19. The maximum absolute atomic E-state index is 4.72. The predicted octanol–water partition coefficient (Wildman–Crippen LogP) is 3.94. The molecule has 0 saturated carbocycles. The van der Waals surface area contributed by atoms with E-state index in [2.05, 4.69) is 18.8 Å². The second kappa shape index (κ2) is 4.50. The quantitative estimate of drug-likeness (QED) is 0.831. The first-order valence-corrected chi connectivity index (χ1v) is 7.92. The van der Waals surface area contributed by atoms with Crippen molar-refractivity contribution in [1.82, 2.24) is 5.32 Å². The van der Waals surface area contributed by atoms with E-state index >= 15 is 0 Å². The van der Waals surface area contributed by atoms with E-state index in [0.29, 0.717) is 0 Å². The van der Waals surface area contributed by atoms with Crippen LogP contribution in [0.25, 0.3) is 5.70 Å². The maximum atomic E-state index is 4.72. The van der Waals surface area contributed by atoms with Gasteiger partial charge < -0.3 is 5.32 Å². The van der Waals surface area contributed by atoms with Crippen LogP contribution in [0.3, 0.4) is 0 Å². The average Bonchev–Trinajstić information content (AvgIpc) is 2.67. The van der Waals surface area contributed by atoms with Crippen LogP contribution in [-0.2, 0) is 12.8 Å². The largest absolute Gasteiger partial charge is 0.335 e. The van der Waals surface area contributed by atoms with Gasteiger partial charge in [0.1, 0.15) is 5.00 Å². The van der Waals surface area contributed by atoms with Crippen LogP contribution in [0, 0.1) is 0 Å². The van der Waals surface area contributed by atoms with E-state index in [-0.39, 0.29) is 0 Å². The number of hydrogen-bond acceptors (Lipinski definition) is 4. The van der Waals surface area contributed by atoms with E-state index in [9.17, 15) is 0 Å². The first-order valence-electron chi connectivity index (χ1n) is 6.12. The molecule has 0 radical (unpaired) electrons. The van der Waals surface area contributed by atoms with Gasteiger partial charge >= 0.3 is 0 Å². The number of thioether (sulfide) groups is 1. The van der Waals surface area contributed by atoms with Gasteiger partial charge in [0.2, 0.25) is 0 Å². The summed E-state index contributed by atoms with van der Waals surface area (Å²) in [6.45, 7) is 6.32. The fourth-order valence-corrected chi connectivity index (χ4v) is 4.43. The fraction of sp³-hybridized carbons (Fsp3) is 0.462. The molecule has 4 heteroatoms. The number of hydrogen-bond donors (Lipinski definition) is 1. The van der Waals surface area contributed by atoms with Crippen LogP contribution >= 0.6 is 23.1 Å². The number of fused-ring (bicyclic) bond motifs is 3. The number of aliphatic imine (C=N–C) groups is 1. The monoisotopic (exact) mass is 264 g/mol. The van der Waals surface area contributed by atoms with Crippen LogP contribution in [0.5, 0.6) is 0 Å². The summed E-state index contributed by atoms with van der Waals surface area (Å²) in [5.74, 6) is 1.04. The number of thiophene rings is 1. The van der Waals surface area contributed by atoms with E-state index in [4.69, 9.17) is 4.99 Å². The van der Waals surface area contributed by atoms with Crippen molar-refractivity contribution < 1.29 is 0 Å². The first kappa shape index (κ1) is 11.4. The zero-order valence-corrected chi connectivity index (χ0v) is 11.6. The predicted molar refractivity (Wildman–Crippen MR) is 78.4 cm³/mol. The van der Waals surface area contributed by atoms with Gasteiger partial charge in [-0.05, 0) is 37.0 Å². The summed E-state index contributed by atoms with van der Waals surface area (Å²) in [6, 6.07) is 0. The lowest BCUT2D eigenvalue weighted by molar-refractivity contribution is 0.695. The van der Waals surface area contributed by atoms with E-state index in [1.165, 1.54) is 46.7 Å². The minimum Gasteiger partial charge on any atom is -0.335 e. The molecule has 0 saturated heterocycles. The zero-order valence-electron chi connectivity index (χ0n) is 10.0. The van der Waals surface area contributed by atoms with Crippen LogP contribution in [0.4, 0.5) is 5.00 Å². The van der Waals surface area contributed by atoms with Gasteiger partial charge in [-0.1, -0.05) is 25.3 Å². The molecule has 2 nitrogen and oxygen atoms in total. The van der Waals surface area contributed by atoms with Crippen LogP contribution in [0.15, 0.2) is 11.6 Å². The maximum Gasteiger partial charge on any atom is 0.167 e. The molecule has 1 aromatic heterocycles. The second-order valence-corrected chi connectivity index (χ2v) is 6.68. The lowest BCUT2D eigenvalue weighted by atomic mass is 9.94. The molecule has 17 heavy (non-hydrogen) atoms. The van der Waals surface area contributed by atoms with Gasteiger partial charge in [0.15, 0.2) is 5.17 Å². The van der Waals surface area contributed by atoms with Crippen LogP contribution in [0.2, 0.25) is 0 Å². The van der Waals surface area contributed by atoms with Gasteiger partial charge in [0, 0.05) is 16.1 Å². The average molecular weight is 264 g/mol. The normalized spacial score (nSPS) is 18.2. The Morgan fingerprint density at radius 3 is 3.06 bits per heavy atom. The Morgan fingerprint density at radius 2 is 2.24 bits per heavy atom. The van der Waals surface area contributed by atoms with Crippen molar-refractivity contribution in [3.63, 3.8) is 0 Å². The standard InChI is InChI=1S/C13H16N2S2/c1-3-16-13-14-8(2)11-9-6-4-5-7-10(9)17-12(11)15-13/h2-7H2,1H3,(H,14,15). The van der Waals surface area contributed by atoms with E-state index < -0.39 is 0 Å². The Kier molecular flexibility index (Phi) is 3.01. The van der Waals surface area contributed by atoms with Gasteiger partial charge in [-0.15, -0.1) is 11.3 Å². The Hall–Kier alpha value is -0.740. The molecule has 1 aliphatic heterocycles. The summed E-state index contributed by atoms with van der Waals surface area (Å²) in [5.41, 5.74) is 3.86. The third-order valence-electron chi connectivity index (χ3n) is 3.20. The minimum atomic E-state index is 1.00. The highest BCUT2D eigenvalue weighted by atomic mass is 32.2. The smallest absolute Gasteiger partial charge is 0.167 e. The lowest BCUT2D eigenvalue weighted by Crippen LogP contribution is -2.21. The highest BCUT2D eigenvalue weighted by molar-refractivity contribution is 8.13. The molecule has 1 N–H and O–H groups in total. The van der Waals surface area contributed by atoms with E-state index in [1.807, 2.05) is 11.3 Å². The molecule has 0 unspecified atom stereocenters. The molecule has 0 atom stereocenters. The molecular formula is C13H16N2S2. The molecule has 0 fully saturated rings. The summed E-state index contributed by atoms with van der Waals surface area (Å²) >= 11 is 3.62. The molecule has 2 aliphatic rings. The van der Waals surface area contributed by atoms with E-state index in [1.54, 1.807) is 11.8 Å². The molecule has 1 aliphatic carbocycles. The van der Waals surface area contributed by atoms with Crippen molar-refractivity contribution in [1.29, 1.82) is 0 Å². The van der Waals surface area contributed by atoms with E-state index in [0.717, 1.165) is 16.6 Å². The third kappa shape index (κ3) is 1.93. The molecule has 0 aromatic carbocycles. The topological polar surface area (TPSA) is 24.4 Å². The number of amidine groups is 1. The molecule has 1 aromatic rings.